The highest BCUT2D eigenvalue weighted by Crippen LogP contribution is 2.33. The monoisotopic (exact) mass is 418 g/mol. The maximum atomic E-state index is 12.7. The first-order chi connectivity index (χ1) is 15.2. The Morgan fingerprint density at radius 2 is 1.61 bits per heavy atom. The Labute approximate surface area is 181 Å². The van der Waals surface area contributed by atoms with Gasteiger partial charge in [0.25, 0.3) is 0 Å². The topological polar surface area (TPSA) is 72.6 Å². The van der Waals surface area contributed by atoms with E-state index in [2.05, 4.69) is 0 Å². The van der Waals surface area contributed by atoms with Crippen LogP contribution >= 0.6 is 0 Å². The van der Waals surface area contributed by atoms with Gasteiger partial charge in [-0.15, -0.1) is 0 Å². The number of oxazole rings is 1. The summed E-state index contributed by atoms with van der Waals surface area (Å²) in [5.41, 5.74) is 2.72. The molecular formula is C25H26N2O4. The van der Waals surface area contributed by atoms with Crippen LogP contribution in [0, 0.1) is 5.92 Å². The predicted molar refractivity (Wildman–Crippen MR) is 117 cm³/mol. The summed E-state index contributed by atoms with van der Waals surface area (Å²) in [6.07, 6.45) is 2.05. The van der Waals surface area contributed by atoms with Crippen LogP contribution in [0.3, 0.4) is 0 Å². The van der Waals surface area contributed by atoms with E-state index in [1.54, 1.807) is 0 Å². The molecule has 6 nitrogen and oxygen atoms in total. The van der Waals surface area contributed by atoms with E-state index in [0.29, 0.717) is 50.4 Å². The third kappa shape index (κ3) is 4.85. The maximum Gasteiger partial charge on any atom is 0.308 e. The van der Waals surface area contributed by atoms with Crippen LogP contribution in [0.25, 0.3) is 22.6 Å². The third-order valence-corrected chi connectivity index (χ3v) is 5.69. The molecule has 0 aliphatic carbocycles. The van der Waals surface area contributed by atoms with Gasteiger partial charge in [-0.1, -0.05) is 60.7 Å². The van der Waals surface area contributed by atoms with Crippen LogP contribution in [0.5, 0.6) is 0 Å². The number of benzene rings is 2. The fourth-order valence-electron chi connectivity index (χ4n) is 3.95. The molecular weight excluding hydrogens is 392 g/mol. The number of esters is 1. The summed E-state index contributed by atoms with van der Waals surface area (Å²) in [5.74, 6) is 1.03. The number of amides is 1. The van der Waals surface area contributed by atoms with Gasteiger partial charge < -0.3 is 14.1 Å². The van der Waals surface area contributed by atoms with Gasteiger partial charge in [-0.2, -0.15) is 0 Å². The fraction of sp³-hybridized carbons (Fsp3) is 0.320. The Kier molecular flexibility index (Phi) is 6.46. The Balaban J connectivity index is 1.45. The van der Waals surface area contributed by atoms with Crippen LogP contribution in [0.15, 0.2) is 65.1 Å². The van der Waals surface area contributed by atoms with Crippen LogP contribution in [0.1, 0.15) is 25.2 Å². The van der Waals surface area contributed by atoms with Crippen molar-refractivity contribution in [3.8, 4) is 22.6 Å². The molecule has 3 aromatic rings. The van der Waals surface area contributed by atoms with E-state index in [1.807, 2.05) is 65.6 Å². The van der Waals surface area contributed by atoms with Gasteiger partial charge in [-0.25, -0.2) is 4.98 Å². The molecule has 1 aromatic heterocycles. The lowest BCUT2D eigenvalue weighted by Gasteiger charge is -2.30. The van der Waals surface area contributed by atoms with Gasteiger partial charge in [0.05, 0.1) is 13.0 Å². The van der Waals surface area contributed by atoms with Gasteiger partial charge in [0, 0.05) is 37.1 Å². The first-order valence-corrected chi connectivity index (χ1v) is 10.6. The van der Waals surface area contributed by atoms with E-state index in [-0.39, 0.29) is 17.8 Å². The number of rotatable bonds is 6. The molecule has 2 aromatic carbocycles. The molecule has 4 rings (SSSR count). The van der Waals surface area contributed by atoms with E-state index < -0.39 is 0 Å². The zero-order valence-electron chi connectivity index (χ0n) is 17.6. The molecule has 0 N–H and O–H groups in total. The summed E-state index contributed by atoms with van der Waals surface area (Å²) in [6, 6.07) is 19.8. The standard InChI is InChI=1S/C25H26N2O4/c1-30-25(29)20-14-16-27(17-15-20)22(28)13-12-21-26-23(18-8-4-2-5-9-18)24(31-21)19-10-6-3-7-11-19/h2-11,20H,12-17H2,1H3. The van der Waals surface area contributed by atoms with Crippen molar-refractivity contribution >= 4 is 11.9 Å². The molecule has 0 unspecified atom stereocenters. The molecule has 31 heavy (non-hydrogen) atoms. The average Bonchev–Trinajstić information content (AvgIpc) is 3.27. The highest BCUT2D eigenvalue weighted by Gasteiger charge is 2.28. The second kappa shape index (κ2) is 9.60. The van der Waals surface area contributed by atoms with Crippen molar-refractivity contribution in [1.29, 1.82) is 0 Å². The Bertz CT molecular complexity index is 965. The van der Waals surface area contributed by atoms with Crippen LogP contribution in [0.2, 0.25) is 0 Å². The van der Waals surface area contributed by atoms with Gasteiger partial charge >= 0.3 is 5.97 Å². The molecule has 2 heterocycles. The zero-order valence-corrected chi connectivity index (χ0v) is 17.6. The molecule has 1 amide bonds. The third-order valence-electron chi connectivity index (χ3n) is 5.69. The van der Waals surface area contributed by atoms with Gasteiger partial charge in [-0.3, -0.25) is 9.59 Å². The zero-order chi connectivity index (χ0) is 21.6. The van der Waals surface area contributed by atoms with Crippen molar-refractivity contribution < 1.29 is 18.7 Å². The van der Waals surface area contributed by atoms with Gasteiger partial charge in [-0.05, 0) is 12.8 Å². The predicted octanol–water partition coefficient (Wildman–Crippen LogP) is 4.35. The first-order valence-electron chi connectivity index (χ1n) is 10.6. The molecule has 0 atom stereocenters. The molecule has 0 spiro atoms. The number of hydrogen-bond acceptors (Lipinski definition) is 5. The minimum absolute atomic E-state index is 0.0593. The summed E-state index contributed by atoms with van der Waals surface area (Å²) in [6.45, 7) is 1.16. The molecule has 1 aliphatic heterocycles. The van der Waals surface area contributed by atoms with Crippen LogP contribution < -0.4 is 0 Å². The maximum absolute atomic E-state index is 12.7. The van der Waals surface area contributed by atoms with E-state index in [9.17, 15) is 9.59 Å². The number of hydrogen-bond donors (Lipinski definition) is 0. The molecule has 1 saturated heterocycles. The normalized spacial score (nSPS) is 14.4. The Morgan fingerprint density at radius 1 is 1.00 bits per heavy atom. The van der Waals surface area contributed by atoms with Crippen molar-refractivity contribution in [3.05, 3.63) is 66.6 Å². The van der Waals surface area contributed by atoms with Gasteiger partial charge in [0.2, 0.25) is 5.91 Å². The SMILES string of the molecule is COC(=O)C1CCN(C(=O)CCc2nc(-c3ccccc3)c(-c3ccccc3)o2)CC1. The number of carbonyl (C=O) groups is 2. The van der Waals surface area contributed by atoms with Crippen molar-refractivity contribution in [2.45, 2.75) is 25.7 Å². The van der Waals surface area contributed by atoms with Gasteiger partial charge in [0.15, 0.2) is 11.7 Å². The van der Waals surface area contributed by atoms with E-state index in [4.69, 9.17) is 14.1 Å². The second-order valence-corrected chi connectivity index (χ2v) is 7.70. The summed E-state index contributed by atoms with van der Waals surface area (Å²) < 4.78 is 10.9. The van der Waals surface area contributed by atoms with Crippen LogP contribution in [-0.2, 0) is 20.7 Å². The largest absolute Gasteiger partial charge is 0.469 e. The number of nitrogens with zero attached hydrogens (tertiary/aromatic N) is 2. The van der Waals surface area contributed by atoms with Crippen LogP contribution in [-0.4, -0.2) is 42.0 Å². The number of likely N-dealkylation sites (tertiary alicyclic amines) is 1. The van der Waals surface area contributed by atoms with E-state index in [1.165, 1.54) is 7.11 Å². The molecule has 0 bridgehead atoms. The van der Waals surface area contributed by atoms with Crippen molar-refractivity contribution in [3.63, 3.8) is 0 Å². The smallest absolute Gasteiger partial charge is 0.308 e. The fourth-order valence-corrected chi connectivity index (χ4v) is 3.95. The highest BCUT2D eigenvalue weighted by molar-refractivity contribution is 5.78. The minimum Gasteiger partial charge on any atom is -0.469 e. The number of piperidine rings is 1. The molecule has 0 saturated carbocycles. The lowest BCUT2D eigenvalue weighted by Crippen LogP contribution is -2.40. The quantitative estimate of drug-likeness (QED) is 0.557. The lowest BCUT2D eigenvalue weighted by molar-refractivity contribution is -0.148. The second-order valence-electron chi connectivity index (χ2n) is 7.70. The number of aromatic nitrogens is 1. The van der Waals surface area contributed by atoms with Crippen molar-refractivity contribution in [1.82, 2.24) is 9.88 Å². The number of methoxy groups -OCH3 is 1. The molecule has 1 aliphatic rings. The molecule has 0 radical (unpaired) electrons. The molecule has 6 heteroatoms. The lowest BCUT2D eigenvalue weighted by atomic mass is 9.97. The molecule has 160 valence electrons. The van der Waals surface area contributed by atoms with Crippen LogP contribution in [0.4, 0.5) is 0 Å². The average molecular weight is 418 g/mol. The minimum atomic E-state index is -0.186. The number of carbonyl (C=O) groups excluding carboxylic acids is 2. The van der Waals surface area contributed by atoms with E-state index in [0.717, 1.165) is 16.8 Å². The summed E-state index contributed by atoms with van der Waals surface area (Å²) in [4.78, 5) is 30.9. The summed E-state index contributed by atoms with van der Waals surface area (Å²) >= 11 is 0. The Hall–Kier alpha value is -3.41. The number of aryl methyl sites for hydroxylation is 1. The van der Waals surface area contributed by atoms with Crippen molar-refractivity contribution in [2.75, 3.05) is 20.2 Å². The van der Waals surface area contributed by atoms with Crippen molar-refractivity contribution in [2.24, 2.45) is 5.92 Å². The highest BCUT2D eigenvalue weighted by atomic mass is 16.5. The van der Waals surface area contributed by atoms with E-state index >= 15 is 0 Å². The summed E-state index contributed by atoms with van der Waals surface area (Å²) in [7, 11) is 1.41. The van der Waals surface area contributed by atoms with Gasteiger partial charge in [0.1, 0.15) is 5.69 Å². The summed E-state index contributed by atoms with van der Waals surface area (Å²) in [5, 5.41) is 0. The first kappa shape index (κ1) is 20.8. The molecule has 1 fully saturated rings. The Morgan fingerprint density at radius 3 is 2.23 bits per heavy atom. The number of ether oxygens (including phenoxy) is 1.